The Morgan fingerprint density at radius 2 is 1.40 bits per heavy atom. The topological polar surface area (TPSA) is 14.2 Å². The molecule has 1 aliphatic rings. The summed E-state index contributed by atoms with van der Waals surface area (Å²) in [5, 5.41) is 5.08. The van der Waals surface area contributed by atoms with Crippen molar-refractivity contribution in [2.45, 2.75) is 0 Å². The minimum atomic E-state index is -0.216. The van der Waals surface area contributed by atoms with Gasteiger partial charge in [0.05, 0.1) is 17.9 Å². The van der Waals surface area contributed by atoms with E-state index in [2.05, 4.69) is 41.0 Å². The first-order valence-electron chi connectivity index (χ1n) is 15.8. The molecule has 0 amide bonds. The summed E-state index contributed by atoms with van der Waals surface area (Å²) in [5.41, 5.74) is 5.27. The van der Waals surface area contributed by atoms with Gasteiger partial charge in [-0.05, 0) is 63.8 Å². The summed E-state index contributed by atoms with van der Waals surface area (Å²) in [7, 11) is 0. The van der Waals surface area contributed by atoms with E-state index < -0.39 is 0 Å². The minimum absolute atomic E-state index is 0.0786. The van der Waals surface area contributed by atoms with Crippen molar-refractivity contribution in [2.24, 2.45) is 0 Å². The fraction of sp³-hybridized carbons (Fsp3) is 0. The van der Waals surface area contributed by atoms with Crippen molar-refractivity contribution in [1.82, 2.24) is 4.57 Å². The van der Waals surface area contributed by atoms with Gasteiger partial charge in [-0.15, -0.1) is 0 Å². The molecule has 0 aliphatic carbocycles. The van der Waals surface area contributed by atoms with Gasteiger partial charge in [-0.3, -0.25) is 0 Å². The highest BCUT2D eigenvalue weighted by Crippen LogP contribution is 2.49. The first-order valence-corrected chi connectivity index (χ1v) is 13.3. The monoisotopic (exact) mass is 514 g/mol. The quantitative estimate of drug-likeness (QED) is 0.224. The van der Waals surface area contributed by atoms with E-state index in [0.29, 0.717) is 38.8 Å². The number of benzene rings is 7. The molecule has 186 valence electrons. The molecule has 40 heavy (non-hydrogen) atoms. The number of hydrogen-bond acceptors (Lipinski definition) is 1. The summed E-state index contributed by atoms with van der Waals surface area (Å²) < 4.78 is 53.4. The Bertz CT molecular complexity index is 2570. The molecule has 1 aromatic heterocycles. The lowest BCUT2D eigenvalue weighted by atomic mass is 9.90. The second kappa shape index (κ2) is 8.08. The normalized spacial score (nSPS) is 13.9. The van der Waals surface area contributed by atoms with E-state index in [1.165, 1.54) is 0 Å². The highest BCUT2D eigenvalue weighted by Gasteiger charge is 2.22. The summed E-state index contributed by atoms with van der Waals surface area (Å²) in [6, 6.07) is 35.5. The number of ether oxygens (including phenoxy) is 1. The van der Waals surface area contributed by atoms with Crippen LogP contribution in [0.3, 0.4) is 0 Å². The molecule has 1 aliphatic heterocycles. The Balaban J connectivity index is 1.43. The van der Waals surface area contributed by atoms with Crippen LogP contribution in [0.5, 0.6) is 11.5 Å². The predicted molar refractivity (Wildman–Crippen MR) is 167 cm³/mol. The van der Waals surface area contributed by atoms with E-state index in [9.17, 15) is 1.37 Å². The van der Waals surface area contributed by atoms with Crippen molar-refractivity contribution in [3.63, 3.8) is 0 Å². The van der Waals surface area contributed by atoms with Crippen LogP contribution in [0.25, 0.3) is 71.3 Å². The third kappa shape index (κ3) is 2.93. The zero-order chi connectivity index (χ0) is 30.6. The average molecular weight is 515 g/mol. The number of fused-ring (bicyclic) bond motifs is 7. The van der Waals surface area contributed by atoms with Gasteiger partial charge < -0.3 is 9.30 Å². The van der Waals surface area contributed by atoms with Crippen LogP contribution in [0.15, 0.2) is 139 Å². The lowest BCUT2D eigenvalue weighted by Gasteiger charge is -2.22. The molecule has 0 saturated carbocycles. The molecule has 0 radical (unpaired) electrons. The molecular weight excluding hydrogens is 486 g/mol. The number of nitrogens with zero attached hydrogens (tertiary/aromatic N) is 1. The molecule has 2 nitrogen and oxygen atoms in total. The van der Waals surface area contributed by atoms with Crippen LogP contribution < -0.4 is 4.74 Å². The second-order valence-corrected chi connectivity index (χ2v) is 10.1. The number of aromatic nitrogens is 1. The van der Waals surface area contributed by atoms with E-state index in [4.69, 9.17) is 10.2 Å². The summed E-state index contributed by atoms with van der Waals surface area (Å²) in [5.74, 6) is 0.627. The van der Waals surface area contributed by atoms with E-state index in [-0.39, 0.29) is 36.0 Å². The van der Waals surface area contributed by atoms with Crippen LogP contribution in [-0.2, 0) is 0 Å². The van der Waals surface area contributed by atoms with Crippen LogP contribution in [0.4, 0.5) is 0 Å². The molecule has 8 aromatic rings. The van der Waals surface area contributed by atoms with Gasteiger partial charge >= 0.3 is 0 Å². The fourth-order valence-electron chi connectivity index (χ4n) is 6.21. The molecule has 0 atom stereocenters. The Hall–Kier alpha value is -5.34. The Morgan fingerprint density at radius 1 is 0.550 bits per heavy atom. The van der Waals surface area contributed by atoms with Crippen molar-refractivity contribution in [2.75, 3.05) is 0 Å². The van der Waals surface area contributed by atoms with Crippen molar-refractivity contribution in [3.05, 3.63) is 139 Å². The minimum Gasteiger partial charge on any atom is -0.456 e. The van der Waals surface area contributed by atoms with Crippen molar-refractivity contribution >= 4 is 43.4 Å². The van der Waals surface area contributed by atoms with E-state index in [1.54, 1.807) is 6.07 Å². The SMILES string of the molecule is [2H]c1c([2H])c2c3c(c([2H])c([2H])c(-c4ccc5c(c4)c4ccc6ccccc6c4n5-c4ccccc4)c3c1[2H])Oc1ccccc1-2. The smallest absolute Gasteiger partial charge is 0.135 e. The molecule has 7 aromatic carbocycles. The van der Waals surface area contributed by atoms with Gasteiger partial charge in [0.1, 0.15) is 11.5 Å². The lowest BCUT2D eigenvalue weighted by Crippen LogP contribution is -1.97. The van der Waals surface area contributed by atoms with Gasteiger partial charge in [0, 0.05) is 32.8 Å². The Morgan fingerprint density at radius 3 is 2.35 bits per heavy atom. The third-order valence-electron chi connectivity index (χ3n) is 7.98. The summed E-state index contributed by atoms with van der Waals surface area (Å²) in [6.07, 6.45) is 0. The van der Waals surface area contributed by atoms with Gasteiger partial charge in [-0.1, -0.05) is 103 Å². The maximum absolute atomic E-state index is 9.21. The van der Waals surface area contributed by atoms with E-state index in [0.717, 1.165) is 38.3 Å². The standard InChI is InChI=1S/C38H23NO/c1-2-10-26(11-3-1)39-34-21-18-25(23-33(34)32-19-17-24-9-4-5-12-28(24)38(32)39)27-20-22-36-37-30(27)14-8-15-31(37)29-13-6-7-16-35(29)40-36/h1-23H/i8D,14D,15D,20D,22D. The van der Waals surface area contributed by atoms with Crippen molar-refractivity contribution in [1.29, 1.82) is 0 Å². The van der Waals surface area contributed by atoms with Crippen LogP contribution >= 0.6 is 0 Å². The first kappa shape index (κ1) is 17.3. The van der Waals surface area contributed by atoms with Gasteiger partial charge in [0.2, 0.25) is 0 Å². The highest BCUT2D eigenvalue weighted by molar-refractivity contribution is 6.19. The molecule has 0 saturated heterocycles. The Kier molecular flexibility index (Phi) is 3.49. The molecular formula is C38H23NO. The predicted octanol–water partition coefficient (Wildman–Crippen LogP) is 10.5. The number of hydrogen-bond donors (Lipinski definition) is 0. The zero-order valence-electron chi connectivity index (χ0n) is 26.2. The van der Waals surface area contributed by atoms with Gasteiger partial charge in [-0.2, -0.15) is 0 Å². The third-order valence-corrected chi connectivity index (χ3v) is 7.98. The largest absolute Gasteiger partial charge is 0.456 e. The number of para-hydroxylation sites is 2. The highest BCUT2D eigenvalue weighted by atomic mass is 16.5. The van der Waals surface area contributed by atoms with Crippen molar-refractivity contribution in [3.8, 4) is 39.4 Å². The van der Waals surface area contributed by atoms with Gasteiger partial charge in [0.15, 0.2) is 0 Å². The number of rotatable bonds is 2. The Labute approximate surface area is 238 Å². The van der Waals surface area contributed by atoms with Crippen LogP contribution in [-0.4, -0.2) is 4.57 Å². The van der Waals surface area contributed by atoms with E-state index >= 15 is 0 Å². The van der Waals surface area contributed by atoms with Crippen LogP contribution in [0.1, 0.15) is 6.85 Å². The molecule has 2 heterocycles. The molecule has 0 fully saturated rings. The zero-order valence-corrected chi connectivity index (χ0v) is 21.2. The summed E-state index contributed by atoms with van der Waals surface area (Å²) in [6.45, 7) is 0. The average Bonchev–Trinajstić information content (AvgIpc) is 3.42. The summed E-state index contributed by atoms with van der Waals surface area (Å²) >= 11 is 0. The second-order valence-electron chi connectivity index (χ2n) is 10.1. The molecule has 9 rings (SSSR count). The molecule has 0 bridgehead atoms. The molecule has 0 unspecified atom stereocenters. The molecule has 2 heteroatoms. The van der Waals surface area contributed by atoms with Crippen LogP contribution in [0, 0.1) is 0 Å². The molecule has 0 spiro atoms. The summed E-state index contributed by atoms with van der Waals surface area (Å²) in [4.78, 5) is 0. The first-order chi connectivity index (χ1) is 21.9. The van der Waals surface area contributed by atoms with Crippen LogP contribution in [0.2, 0.25) is 0 Å². The lowest BCUT2D eigenvalue weighted by molar-refractivity contribution is 0.487. The fourth-order valence-corrected chi connectivity index (χ4v) is 6.21. The van der Waals surface area contributed by atoms with Gasteiger partial charge in [0.25, 0.3) is 0 Å². The van der Waals surface area contributed by atoms with E-state index in [1.807, 2.05) is 66.7 Å². The van der Waals surface area contributed by atoms with Gasteiger partial charge in [-0.25, -0.2) is 0 Å². The molecule has 0 N–H and O–H groups in total. The maximum atomic E-state index is 9.21. The van der Waals surface area contributed by atoms with Crippen molar-refractivity contribution < 1.29 is 11.6 Å². The maximum Gasteiger partial charge on any atom is 0.135 e.